The number of halogens is 2. The first-order valence-electron chi connectivity index (χ1n) is 3.48. The molecule has 0 saturated heterocycles. The van der Waals surface area contributed by atoms with E-state index in [0.717, 1.165) is 3.57 Å². The van der Waals surface area contributed by atoms with Crippen LogP contribution in [0.25, 0.3) is 0 Å². The molecule has 0 aliphatic heterocycles. The summed E-state index contributed by atoms with van der Waals surface area (Å²) in [4.78, 5) is 11.2. The molecule has 0 radical (unpaired) electrons. The van der Waals surface area contributed by atoms with Crippen molar-refractivity contribution in [2.45, 2.75) is 0 Å². The zero-order valence-electron chi connectivity index (χ0n) is 6.55. The molecular weight excluding hydrogens is 345 g/mol. The van der Waals surface area contributed by atoms with Gasteiger partial charge in [-0.3, -0.25) is 4.79 Å². The summed E-state index contributed by atoms with van der Waals surface area (Å²) in [5, 5.41) is 9.01. The Morgan fingerprint density at radius 2 is 2.31 bits per heavy atom. The molecule has 1 rings (SSSR count). The summed E-state index contributed by atoms with van der Waals surface area (Å²) < 4.78 is 0.867. The molecule has 0 aromatic heterocycles. The zero-order chi connectivity index (χ0) is 9.84. The summed E-state index contributed by atoms with van der Waals surface area (Å²) in [6, 6.07) is 7.16. The Bertz CT molecular complexity index is 384. The van der Waals surface area contributed by atoms with Gasteiger partial charge >= 0.3 is 0 Å². The minimum Gasteiger partial charge on any atom is -0.293 e. The highest BCUT2D eigenvalue weighted by Gasteiger charge is 2.06. The van der Waals surface area contributed by atoms with Gasteiger partial charge in [-0.15, -0.1) is 0 Å². The second-order valence-electron chi connectivity index (χ2n) is 2.36. The van der Waals surface area contributed by atoms with Crippen molar-refractivity contribution in [3.8, 4) is 6.07 Å². The summed E-state index contributed by atoms with van der Waals surface area (Å²) in [6.45, 7) is 0. The summed E-state index contributed by atoms with van der Waals surface area (Å²) in [5.74, 6) is -0.00657. The van der Waals surface area contributed by atoms with Crippen LogP contribution in [0.1, 0.15) is 15.9 Å². The Kier molecular flexibility index (Phi) is 3.88. The zero-order valence-corrected chi connectivity index (χ0v) is 10.3. The van der Waals surface area contributed by atoms with Gasteiger partial charge in [0.1, 0.15) is 6.07 Å². The summed E-state index contributed by atoms with van der Waals surface area (Å²) in [7, 11) is 0. The van der Waals surface area contributed by atoms with Crippen LogP contribution >= 0.6 is 38.5 Å². The number of benzene rings is 1. The number of ketones is 1. The van der Waals surface area contributed by atoms with E-state index in [4.69, 9.17) is 5.26 Å². The van der Waals surface area contributed by atoms with Crippen LogP contribution in [0.4, 0.5) is 0 Å². The molecule has 1 aromatic rings. The fraction of sp³-hybridized carbons (Fsp3) is 0.111. The molecule has 0 N–H and O–H groups in total. The van der Waals surface area contributed by atoms with E-state index in [0.29, 0.717) is 16.5 Å². The molecule has 0 atom stereocenters. The molecule has 0 spiro atoms. The number of hydrogen-bond acceptors (Lipinski definition) is 2. The Morgan fingerprint density at radius 1 is 1.62 bits per heavy atom. The molecule has 4 heteroatoms. The standard InChI is InChI=1S/C9H5BrINO/c10-4-9(13)6-1-2-8(11)7(3-6)5-12/h1-3H,4H2. The average Bonchev–Trinajstić information content (AvgIpc) is 2.17. The number of carbonyl (C=O) groups is 1. The maximum absolute atomic E-state index is 11.2. The predicted octanol–water partition coefficient (Wildman–Crippen LogP) is 2.74. The van der Waals surface area contributed by atoms with Crippen molar-refractivity contribution < 1.29 is 4.79 Å². The van der Waals surface area contributed by atoms with Gasteiger partial charge in [-0.1, -0.05) is 22.0 Å². The molecule has 0 amide bonds. The number of hydrogen-bond donors (Lipinski definition) is 0. The molecule has 0 aliphatic rings. The van der Waals surface area contributed by atoms with Crippen molar-refractivity contribution in [2.75, 3.05) is 5.33 Å². The topological polar surface area (TPSA) is 40.9 Å². The lowest BCUT2D eigenvalue weighted by atomic mass is 10.1. The number of alkyl halides is 1. The molecule has 66 valence electrons. The molecule has 1 aromatic carbocycles. The van der Waals surface area contributed by atoms with Gasteiger partial charge in [-0.2, -0.15) is 5.26 Å². The van der Waals surface area contributed by atoms with Gasteiger partial charge in [0.2, 0.25) is 0 Å². The van der Waals surface area contributed by atoms with E-state index in [2.05, 4.69) is 38.5 Å². The van der Waals surface area contributed by atoms with Gasteiger partial charge in [0.15, 0.2) is 5.78 Å². The highest BCUT2D eigenvalue weighted by molar-refractivity contribution is 14.1. The maximum atomic E-state index is 11.2. The molecule has 0 saturated carbocycles. The molecule has 0 unspecified atom stereocenters. The Hall–Kier alpha value is -0.410. The largest absolute Gasteiger partial charge is 0.293 e. The minimum absolute atomic E-state index is 0.00657. The van der Waals surface area contributed by atoms with E-state index in [1.54, 1.807) is 18.2 Å². The van der Waals surface area contributed by atoms with Gasteiger partial charge in [0.25, 0.3) is 0 Å². The second-order valence-corrected chi connectivity index (χ2v) is 4.09. The van der Waals surface area contributed by atoms with Gasteiger partial charge in [-0.25, -0.2) is 0 Å². The van der Waals surface area contributed by atoms with Gasteiger partial charge in [0, 0.05) is 9.13 Å². The highest BCUT2D eigenvalue weighted by atomic mass is 127. The van der Waals surface area contributed by atoms with Crippen LogP contribution in [0.3, 0.4) is 0 Å². The number of Topliss-reactive ketones (excluding diaryl/α,β-unsaturated/α-hetero) is 1. The van der Waals surface area contributed by atoms with E-state index < -0.39 is 0 Å². The summed E-state index contributed by atoms with van der Waals surface area (Å²) in [5.41, 5.74) is 1.13. The van der Waals surface area contributed by atoms with Crippen LogP contribution in [0.2, 0.25) is 0 Å². The smallest absolute Gasteiger partial charge is 0.173 e. The summed E-state index contributed by atoms with van der Waals surface area (Å²) in [6.07, 6.45) is 0. The minimum atomic E-state index is -0.00657. The van der Waals surface area contributed by atoms with Crippen LogP contribution in [-0.2, 0) is 0 Å². The van der Waals surface area contributed by atoms with Crippen molar-refractivity contribution in [1.29, 1.82) is 5.26 Å². The van der Waals surface area contributed by atoms with Gasteiger partial charge < -0.3 is 0 Å². The van der Waals surface area contributed by atoms with E-state index in [1.807, 2.05) is 6.07 Å². The third-order valence-electron chi connectivity index (χ3n) is 1.53. The van der Waals surface area contributed by atoms with Crippen molar-refractivity contribution in [3.63, 3.8) is 0 Å². The lowest BCUT2D eigenvalue weighted by Gasteiger charge is -1.99. The van der Waals surface area contributed by atoms with Crippen LogP contribution in [0.15, 0.2) is 18.2 Å². The lowest BCUT2D eigenvalue weighted by molar-refractivity contribution is 0.102. The highest BCUT2D eigenvalue weighted by Crippen LogP contribution is 2.14. The maximum Gasteiger partial charge on any atom is 0.173 e. The fourth-order valence-corrected chi connectivity index (χ4v) is 1.64. The molecule has 0 fully saturated rings. The first-order chi connectivity index (χ1) is 6.19. The van der Waals surface area contributed by atoms with Gasteiger partial charge in [-0.05, 0) is 34.7 Å². The third-order valence-corrected chi connectivity index (χ3v) is 2.98. The quantitative estimate of drug-likeness (QED) is 0.468. The fourth-order valence-electron chi connectivity index (χ4n) is 0.862. The number of nitrogens with zero attached hydrogens (tertiary/aromatic N) is 1. The summed E-state index contributed by atoms with van der Waals surface area (Å²) >= 11 is 5.15. The average molecular weight is 350 g/mol. The van der Waals surface area contributed by atoms with Crippen LogP contribution in [0.5, 0.6) is 0 Å². The predicted molar refractivity (Wildman–Crippen MR) is 62.0 cm³/mol. The monoisotopic (exact) mass is 349 g/mol. The van der Waals surface area contributed by atoms with Crippen molar-refractivity contribution in [3.05, 3.63) is 32.9 Å². The number of rotatable bonds is 2. The molecule has 2 nitrogen and oxygen atoms in total. The van der Waals surface area contributed by atoms with Crippen molar-refractivity contribution in [1.82, 2.24) is 0 Å². The molecule has 0 bridgehead atoms. The molecule has 0 aliphatic carbocycles. The van der Waals surface area contributed by atoms with E-state index in [-0.39, 0.29) is 5.78 Å². The van der Waals surface area contributed by atoms with Gasteiger partial charge in [0.05, 0.1) is 10.9 Å². The van der Waals surface area contributed by atoms with Crippen LogP contribution in [0, 0.1) is 14.9 Å². The molecule has 13 heavy (non-hydrogen) atoms. The lowest BCUT2D eigenvalue weighted by Crippen LogP contribution is -2.00. The first-order valence-corrected chi connectivity index (χ1v) is 5.68. The molecular formula is C9H5BrINO. The number of carbonyl (C=O) groups excluding carboxylic acids is 1. The van der Waals surface area contributed by atoms with Crippen LogP contribution < -0.4 is 0 Å². The van der Waals surface area contributed by atoms with E-state index >= 15 is 0 Å². The Labute approximate surface area is 98.2 Å². The van der Waals surface area contributed by atoms with Crippen LogP contribution in [-0.4, -0.2) is 11.1 Å². The van der Waals surface area contributed by atoms with E-state index in [1.165, 1.54) is 0 Å². The Morgan fingerprint density at radius 3 is 2.85 bits per heavy atom. The molecule has 0 heterocycles. The SMILES string of the molecule is N#Cc1cc(C(=O)CBr)ccc1I. The second kappa shape index (κ2) is 4.72. The van der Waals surface area contributed by atoms with Crippen molar-refractivity contribution >= 4 is 44.3 Å². The third kappa shape index (κ3) is 2.51. The number of nitriles is 1. The van der Waals surface area contributed by atoms with Crippen molar-refractivity contribution in [2.24, 2.45) is 0 Å². The Balaban J connectivity index is 3.15. The normalized spacial score (nSPS) is 9.31. The first kappa shape index (κ1) is 10.7. The van der Waals surface area contributed by atoms with E-state index in [9.17, 15) is 4.79 Å².